The predicted molar refractivity (Wildman–Crippen MR) is 77.3 cm³/mol. The van der Waals surface area contributed by atoms with E-state index in [0.717, 1.165) is 16.5 Å². The minimum absolute atomic E-state index is 0.0212. The zero-order chi connectivity index (χ0) is 13.7. The normalized spacial score (nSPS) is 10.3. The second-order valence-electron chi connectivity index (χ2n) is 3.99. The van der Waals surface area contributed by atoms with Crippen LogP contribution in [0.1, 0.15) is 36.7 Å². The van der Waals surface area contributed by atoms with Gasteiger partial charge in [-0.05, 0) is 53.9 Å². The van der Waals surface area contributed by atoms with Gasteiger partial charge >= 0.3 is 0 Å². The molecular weight excluding hydrogens is 294 g/mol. The molecule has 0 saturated carbocycles. The summed E-state index contributed by atoms with van der Waals surface area (Å²) in [5.74, 6) is 0.636. The Bertz CT molecular complexity index is 428. The SMILES string of the molecule is CCc1cc(Br)c(OC)c(C(=O)N(CC)CC)c1. The fourth-order valence-corrected chi connectivity index (χ4v) is 2.57. The molecule has 0 radical (unpaired) electrons. The number of nitrogens with zero attached hydrogens (tertiary/aromatic N) is 1. The number of carbonyl (C=O) groups is 1. The van der Waals surface area contributed by atoms with Crippen molar-refractivity contribution >= 4 is 21.8 Å². The van der Waals surface area contributed by atoms with Gasteiger partial charge in [-0.25, -0.2) is 0 Å². The van der Waals surface area contributed by atoms with Crippen molar-refractivity contribution < 1.29 is 9.53 Å². The van der Waals surface area contributed by atoms with Crippen LogP contribution in [0.5, 0.6) is 5.75 Å². The summed E-state index contributed by atoms with van der Waals surface area (Å²) in [4.78, 5) is 14.2. The third kappa shape index (κ3) is 3.05. The molecule has 1 aromatic carbocycles. The molecule has 1 amide bonds. The highest BCUT2D eigenvalue weighted by molar-refractivity contribution is 9.10. The Kier molecular flexibility index (Phi) is 5.66. The van der Waals surface area contributed by atoms with E-state index in [4.69, 9.17) is 4.74 Å². The van der Waals surface area contributed by atoms with Crippen molar-refractivity contribution in [1.29, 1.82) is 0 Å². The van der Waals surface area contributed by atoms with Crippen LogP contribution in [0.15, 0.2) is 16.6 Å². The Labute approximate surface area is 117 Å². The number of benzene rings is 1. The van der Waals surface area contributed by atoms with Gasteiger partial charge in [0.05, 0.1) is 17.1 Å². The maximum atomic E-state index is 12.4. The maximum Gasteiger partial charge on any atom is 0.257 e. The first-order chi connectivity index (χ1) is 8.58. The van der Waals surface area contributed by atoms with E-state index in [0.29, 0.717) is 24.4 Å². The molecule has 0 aliphatic carbocycles. The lowest BCUT2D eigenvalue weighted by molar-refractivity contribution is 0.0769. The molecule has 18 heavy (non-hydrogen) atoms. The van der Waals surface area contributed by atoms with Gasteiger partial charge in [-0.3, -0.25) is 4.79 Å². The Morgan fingerprint density at radius 1 is 1.28 bits per heavy atom. The number of carbonyl (C=O) groups excluding carboxylic acids is 1. The molecule has 0 saturated heterocycles. The molecule has 0 unspecified atom stereocenters. The molecular formula is C14H20BrNO2. The summed E-state index contributed by atoms with van der Waals surface area (Å²) < 4.78 is 6.17. The van der Waals surface area contributed by atoms with Crippen LogP contribution >= 0.6 is 15.9 Å². The number of hydrogen-bond acceptors (Lipinski definition) is 2. The monoisotopic (exact) mass is 313 g/mol. The number of rotatable bonds is 5. The molecule has 0 heterocycles. The smallest absolute Gasteiger partial charge is 0.257 e. The second-order valence-corrected chi connectivity index (χ2v) is 4.84. The van der Waals surface area contributed by atoms with Crippen molar-refractivity contribution in [3.8, 4) is 5.75 Å². The summed E-state index contributed by atoms with van der Waals surface area (Å²) in [6.45, 7) is 7.43. The van der Waals surface area contributed by atoms with Crippen LogP contribution in [-0.4, -0.2) is 31.0 Å². The lowest BCUT2D eigenvalue weighted by Crippen LogP contribution is -2.30. The van der Waals surface area contributed by atoms with Gasteiger partial charge in [-0.15, -0.1) is 0 Å². The van der Waals surface area contributed by atoms with Gasteiger partial charge in [-0.2, -0.15) is 0 Å². The summed E-state index contributed by atoms with van der Waals surface area (Å²) in [6.07, 6.45) is 0.890. The number of methoxy groups -OCH3 is 1. The molecule has 0 fully saturated rings. The fraction of sp³-hybridized carbons (Fsp3) is 0.500. The highest BCUT2D eigenvalue weighted by atomic mass is 79.9. The van der Waals surface area contributed by atoms with E-state index < -0.39 is 0 Å². The van der Waals surface area contributed by atoms with Crippen LogP contribution in [0, 0.1) is 0 Å². The highest BCUT2D eigenvalue weighted by Gasteiger charge is 2.20. The molecule has 0 bridgehead atoms. The molecule has 0 N–H and O–H groups in total. The van der Waals surface area contributed by atoms with Gasteiger partial charge in [0.1, 0.15) is 5.75 Å². The summed E-state index contributed by atoms with van der Waals surface area (Å²) in [5.41, 5.74) is 1.76. The molecule has 0 spiro atoms. The first-order valence-corrected chi connectivity index (χ1v) is 7.03. The van der Waals surface area contributed by atoms with E-state index in [1.54, 1.807) is 12.0 Å². The van der Waals surface area contributed by atoms with Gasteiger partial charge in [0.25, 0.3) is 5.91 Å². The standard InChI is InChI=1S/C14H20BrNO2/c1-5-10-8-11(13(18-4)12(15)9-10)14(17)16(6-2)7-3/h8-9H,5-7H2,1-4H3. The Balaban J connectivity index is 3.28. The van der Waals surface area contributed by atoms with Crippen molar-refractivity contribution in [2.24, 2.45) is 0 Å². The van der Waals surface area contributed by atoms with E-state index in [2.05, 4.69) is 22.9 Å². The van der Waals surface area contributed by atoms with Gasteiger partial charge in [-0.1, -0.05) is 6.92 Å². The number of hydrogen-bond donors (Lipinski definition) is 0. The first-order valence-electron chi connectivity index (χ1n) is 6.24. The van der Waals surface area contributed by atoms with Crippen molar-refractivity contribution in [1.82, 2.24) is 4.90 Å². The summed E-state index contributed by atoms with van der Waals surface area (Å²) in [5, 5.41) is 0. The van der Waals surface area contributed by atoms with Crippen molar-refractivity contribution in [2.45, 2.75) is 27.2 Å². The van der Waals surface area contributed by atoms with Crippen molar-refractivity contribution in [3.05, 3.63) is 27.7 Å². The summed E-state index contributed by atoms with van der Waals surface area (Å²) >= 11 is 3.46. The average Bonchev–Trinajstić information content (AvgIpc) is 2.38. The second kappa shape index (κ2) is 6.78. The molecule has 4 heteroatoms. The molecule has 100 valence electrons. The van der Waals surface area contributed by atoms with Gasteiger partial charge in [0.15, 0.2) is 0 Å². The van der Waals surface area contributed by atoms with E-state index >= 15 is 0 Å². The molecule has 0 atom stereocenters. The Morgan fingerprint density at radius 3 is 2.33 bits per heavy atom. The molecule has 3 nitrogen and oxygen atoms in total. The zero-order valence-corrected chi connectivity index (χ0v) is 13.0. The number of halogens is 1. The fourth-order valence-electron chi connectivity index (χ4n) is 1.90. The predicted octanol–water partition coefficient (Wildman–Crippen LogP) is 3.50. The van der Waals surface area contributed by atoms with E-state index in [9.17, 15) is 4.79 Å². The van der Waals surface area contributed by atoms with Gasteiger partial charge in [0.2, 0.25) is 0 Å². The average molecular weight is 314 g/mol. The third-order valence-corrected chi connectivity index (χ3v) is 3.59. The quantitative estimate of drug-likeness (QED) is 0.832. The van der Waals surface area contributed by atoms with Gasteiger partial charge in [0, 0.05) is 13.1 Å². The lowest BCUT2D eigenvalue weighted by atomic mass is 10.1. The van der Waals surface area contributed by atoms with Crippen LogP contribution in [0.25, 0.3) is 0 Å². The number of ether oxygens (including phenoxy) is 1. The Morgan fingerprint density at radius 2 is 1.89 bits per heavy atom. The minimum Gasteiger partial charge on any atom is -0.495 e. The number of amides is 1. The topological polar surface area (TPSA) is 29.5 Å². The zero-order valence-electron chi connectivity index (χ0n) is 11.4. The maximum absolute atomic E-state index is 12.4. The summed E-state index contributed by atoms with van der Waals surface area (Å²) in [7, 11) is 1.59. The molecule has 1 rings (SSSR count). The number of aryl methyl sites for hydroxylation is 1. The minimum atomic E-state index is 0.0212. The van der Waals surface area contributed by atoms with Crippen molar-refractivity contribution in [2.75, 3.05) is 20.2 Å². The third-order valence-electron chi connectivity index (χ3n) is 3.00. The van der Waals surface area contributed by atoms with Crippen LogP contribution in [0.4, 0.5) is 0 Å². The van der Waals surface area contributed by atoms with E-state index in [1.807, 2.05) is 26.0 Å². The molecule has 1 aromatic rings. The van der Waals surface area contributed by atoms with Crippen LogP contribution in [0.2, 0.25) is 0 Å². The first kappa shape index (κ1) is 15.0. The van der Waals surface area contributed by atoms with Crippen LogP contribution in [-0.2, 0) is 6.42 Å². The van der Waals surface area contributed by atoms with Crippen molar-refractivity contribution in [3.63, 3.8) is 0 Å². The lowest BCUT2D eigenvalue weighted by Gasteiger charge is -2.21. The molecule has 0 aliphatic rings. The van der Waals surface area contributed by atoms with E-state index in [1.165, 1.54) is 0 Å². The van der Waals surface area contributed by atoms with Gasteiger partial charge < -0.3 is 9.64 Å². The highest BCUT2D eigenvalue weighted by Crippen LogP contribution is 2.31. The van der Waals surface area contributed by atoms with E-state index in [-0.39, 0.29) is 5.91 Å². The largest absolute Gasteiger partial charge is 0.495 e. The molecule has 0 aliphatic heterocycles. The Hall–Kier alpha value is -1.03. The van der Waals surface area contributed by atoms with Crippen LogP contribution < -0.4 is 4.74 Å². The van der Waals surface area contributed by atoms with Crippen LogP contribution in [0.3, 0.4) is 0 Å². The summed E-state index contributed by atoms with van der Waals surface area (Å²) in [6, 6.07) is 3.92. The molecule has 0 aromatic heterocycles.